The Morgan fingerprint density at radius 3 is 2.34 bits per heavy atom. The van der Waals surface area contributed by atoms with Crippen LogP contribution >= 0.6 is 11.3 Å². The van der Waals surface area contributed by atoms with Crippen molar-refractivity contribution in [2.75, 3.05) is 25.2 Å². The Bertz CT molecular complexity index is 1550. The zero-order chi connectivity index (χ0) is 28.4. The van der Waals surface area contributed by atoms with E-state index >= 15 is 0 Å². The molecular formula is C34H33N3O3S. The molecule has 1 heterocycles. The summed E-state index contributed by atoms with van der Waals surface area (Å²) in [6.07, 6.45) is 0. The van der Waals surface area contributed by atoms with Crippen molar-refractivity contribution in [1.82, 2.24) is 10.3 Å². The lowest BCUT2D eigenvalue weighted by molar-refractivity contribution is 0.0951. The first-order valence-corrected chi connectivity index (χ1v) is 14.4. The Morgan fingerprint density at radius 1 is 0.878 bits per heavy atom. The molecule has 4 aromatic carbocycles. The van der Waals surface area contributed by atoms with Crippen LogP contribution in [-0.2, 0) is 13.1 Å². The summed E-state index contributed by atoms with van der Waals surface area (Å²) >= 11 is 1.59. The highest BCUT2D eigenvalue weighted by atomic mass is 32.1. The summed E-state index contributed by atoms with van der Waals surface area (Å²) in [5.41, 5.74) is 5.81. The van der Waals surface area contributed by atoms with Crippen LogP contribution in [0.3, 0.4) is 0 Å². The van der Waals surface area contributed by atoms with Crippen LogP contribution in [-0.4, -0.2) is 31.2 Å². The van der Waals surface area contributed by atoms with Crippen molar-refractivity contribution < 1.29 is 14.3 Å². The molecule has 208 valence electrons. The fourth-order valence-electron chi connectivity index (χ4n) is 4.39. The third-order valence-electron chi connectivity index (χ3n) is 6.68. The maximum Gasteiger partial charge on any atom is 0.251 e. The number of hydrogen-bond acceptors (Lipinski definition) is 6. The predicted octanol–water partition coefficient (Wildman–Crippen LogP) is 7.14. The number of ether oxygens (including phenoxy) is 2. The summed E-state index contributed by atoms with van der Waals surface area (Å²) in [7, 11) is 1.67. The largest absolute Gasteiger partial charge is 0.496 e. The number of carbonyl (C=O) groups is 1. The molecule has 6 nitrogen and oxygen atoms in total. The Labute approximate surface area is 245 Å². The van der Waals surface area contributed by atoms with E-state index in [1.54, 1.807) is 18.4 Å². The number of amides is 1. The zero-order valence-electron chi connectivity index (χ0n) is 23.2. The first-order chi connectivity index (χ1) is 20.1. The highest BCUT2D eigenvalue weighted by molar-refractivity contribution is 7.14. The summed E-state index contributed by atoms with van der Waals surface area (Å²) in [6, 6.07) is 33.6. The minimum absolute atomic E-state index is 0.0911. The third-order valence-corrected chi connectivity index (χ3v) is 7.58. The highest BCUT2D eigenvalue weighted by Gasteiger charge is 2.16. The van der Waals surface area contributed by atoms with Gasteiger partial charge in [-0.05, 0) is 54.4 Å². The Hall–Kier alpha value is -4.62. The van der Waals surface area contributed by atoms with Crippen LogP contribution in [0, 0.1) is 6.92 Å². The molecule has 0 saturated heterocycles. The molecule has 5 aromatic rings. The van der Waals surface area contributed by atoms with Crippen LogP contribution in [0.2, 0.25) is 0 Å². The standard InChI is InChI=1S/C34H33N3O3S/c1-25-12-14-26(15-13-25)22-35-33(38)28-18-16-27(17-19-28)23-37(20-21-40-29-8-4-3-5-9-29)34-36-31(24-41-34)30-10-6-7-11-32(30)39-2/h3-19,24H,20-23H2,1-2H3,(H,35,38). The number of nitrogens with one attached hydrogen (secondary N) is 1. The van der Waals surface area contributed by atoms with E-state index in [0.717, 1.165) is 39.0 Å². The van der Waals surface area contributed by atoms with Gasteiger partial charge in [-0.25, -0.2) is 4.98 Å². The van der Waals surface area contributed by atoms with E-state index in [4.69, 9.17) is 14.5 Å². The van der Waals surface area contributed by atoms with E-state index in [1.807, 2.05) is 91.0 Å². The molecule has 1 N–H and O–H groups in total. The summed E-state index contributed by atoms with van der Waals surface area (Å²) in [5.74, 6) is 1.54. The number of methoxy groups -OCH3 is 1. The Balaban J connectivity index is 1.28. The maximum atomic E-state index is 12.7. The number of benzene rings is 4. The van der Waals surface area contributed by atoms with Gasteiger partial charge in [0.05, 0.1) is 19.3 Å². The molecule has 0 aliphatic rings. The summed E-state index contributed by atoms with van der Waals surface area (Å²) in [4.78, 5) is 19.9. The Morgan fingerprint density at radius 2 is 1.59 bits per heavy atom. The maximum absolute atomic E-state index is 12.7. The molecule has 7 heteroatoms. The van der Waals surface area contributed by atoms with E-state index in [9.17, 15) is 4.79 Å². The monoisotopic (exact) mass is 563 g/mol. The van der Waals surface area contributed by atoms with Crippen molar-refractivity contribution in [2.45, 2.75) is 20.0 Å². The van der Waals surface area contributed by atoms with Crippen LogP contribution in [0.4, 0.5) is 5.13 Å². The molecule has 0 spiro atoms. The summed E-state index contributed by atoms with van der Waals surface area (Å²) < 4.78 is 11.6. The van der Waals surface area contributed by atoms with Gasteiger partial charge in [-0.1, -0.05) is 72.3 Å². The first kappa shape index (κ1) is 27.9. The minimum atomic E-state index is -0.0911. The zero-order valence-corrected chi connectivity index (χ0v) is 24.1. The molecule has 0 aliphatic heterocycles. The fourth-order valence-corrected chi connectivity index (χ4v) is 5.25. The van der Waals surface area contributed by atoms with Gasteiger partial charge in [-0.3, -0.25) is 4.79 Å². The molecule has 0 bridgehead atoms. The lowest BCUT2D eigenvalue weighted by Crippen LogP contribution is -2.28. The Kier molecular flexibility index (Phi) is 9.29. The van der Waals surface area contributed by atoms with Crippen LogP contribution in [0.5, 0.6) is 11.5 Å². The van der Waals surface area contributed by atoms with E-state index in [0.29, 0.717) is 31.8 Å². The average molecular weight is 564 g/mol. The van der Waals surface area contributed by atoms with Crippen molar-refractivity contribution in [3.05, 3.63) is 131 Å². The smallest absolute Gasteiger partial charge is 0.251 e. The minimum Gasteiger partial charge on any atom is -0.496 e. The van der Waals surface area contributed by atoms with Crippen LogP contribution in [0.25, 0.3) is 11.3 Å². The number of nitrogens with zero attached hydrogens (tertiary/aromatic N) is 2. The number of carbonyl (C=O) groups excluding carboxylic acids is 1. The number of hydrogen-bond donors (Lipinski definition) is 1. The molecule has 0 saturated carbocycles. The second-order valence-corrected chi connectivity index (χ2v) is 10.5. The van der Waals surface area contributed by atoms with E-state index in [2.05, 4.69) is 34.7 Å². The first-order valence-electron chi connectivity index (χ1n) is 13.5. The molecule has 0 unspecified atom stereocenters. The highest BCUT2D eigenvalue weighted by Crippen LogP contribution is 2.33. The molecule has 1 aromatic heterocycles. The van der Waals surface area contributed by atoms with Crippen LogP contribution < -0.4 is 19.7 Å². The van der Waals surface area contributed by atoms with Gasteiger partial charge in [0.1, 0.15) is 18.1 Å². The molecule has 0 radical (unpaired) electrons. The van der Waals surface area contributed by atoms with E-state index in [1.165, 1.54) is 5.56 Å². The van der Waals surface area contributed by atoms with Crippen LogP contribution in [0.1, 0.15) is 27.0 Å². The van der Waals surface area contributed by atoms with Crippen molar-refractivity contribution in [3.8, 4) is 22.8 Å². The van der Waals surface area contributed by atoms with Crippen molar-refractivity contribution in [1.29, 1.82) is 0 Å². The molecule has 41 heavy (non-hydrogen) atoms. The van der Waals surface area contributed by atoms with Gasteiger partial charge in [0.15, 0.2) is 5.13 Å². The van der Waals surface area contributed by atoms with E-state index in [-0.39, 0.29) is 5.91 Å². The lowest BCUT2D eigenvalue weighted by atomic mass is 10.1. The van der Waals surface area contributed by atoms with Gasteiger partial charge in [-0.2, -0.15) is 0 Å². The summed E-state index contributed by atoms with van der Waals surface area (Å²) in [5, 5.41) is 5.95. The van der Waals surface area contributed by atoms with Crippen LogP contribution in [0.15, 0.2) is 109 Å². The van der Waals surface area contributed by atoms with Gasteiger partial charge >= 0.3 is 0 Å². The number of aromatic nitrogens is 1. The topological polar surface area (TPSA) is 63.7 Å². The fraction of sp³-hybridized carbons (Fsp3) is 0.176. The van der Waals surface area contributed by atoms with Gasteiger partial charge in [0.2, 0.25) is 0 Å². The number of aryl methyl sites for hydroxylation is 1. The molecule has 1 amide bonds. The second-order valence-electron chi connectivity index (χ2n) is 9.66. The molecule has 0 atom stereocenters. The third kappa shape index (κ3) is 7.52. The van der Waals surface area contributed by atoms with Crippen molar-refractivity contribution in [3.63, 3.8) is 0 Å². The quantitative estimate of drug-likeness (QED) is 0.175. The number of thiazole rings is 1. The van der Waals surface area contributed by atoms with Crippen molar-refractivity contribution >= 4 is 22.4 Å². The predicted molar refractivity (Wildman–Crippen MR) is 166 cm³/mol. The van der Waals surface area contributed by atoms with Gasteiger partial charge in [0, 0.05) is 29.6 Å². The summed E-state index contributed by atoms with van der Waals surface area (Å²) in [6.45, 7) is 4.33. The normalized spacial score (nSPS) is 10.7. The lowest BCUT2D eigenvalue weighted by Gasteiger charge is -2.22. The van der Waals surface area contributed by atoms with Gasteiger partial charge in [0.25, 0.3) is 5.91 Å². The SMILES string of the molecule is COc1ccccc1-c1csc(N(CCOc2ccccc2)Cc2ccc(C(=O)NCc3ccc(C)cc3)cc2)n1. The molecule has 0 fully saturated rings. The van der Waals surface area contributed by atoms with Gasteiger partial charge < -0.3 is 19.7 Å². The molecule has 5 rings (SSSR count). The number of rotatable bonds is 12. The van der Waals surface area contributed by atoms with Crippen molar-refractivity contribution in [2.24, 2.45) is 0 Å². The number of para-hydroxylation sites is 2. The van der Waals surface area contributed by atoms with E-state index < -0.39 is 0 Å². The second kappa shape index (κ2) is 13.6. The molecular weight excluding hydrogens is 530 g/mol. The number of anilines is 1. The average Bonchev–Trinajstić information content (AvgIpc) is 3.51. The molecule has 0 aliphatic carbocycles. The van der Waals surface area contributed by atoms with Gasteiger partial charge in [-0.15, -0.1) is 11.3 Å².